The first-order valence-corrected chi connectivity index (χ1v) is 5.27. The molecule has 5 heteroatoms. The van der Waals surface area contributed by atoms with E-state index >= 15 is 0 Å². The fourth-order valence-corrected chi connectivity index (χ4v) is 1.31. The molecule has 3 nitrogen and oxygen atoms in total. The number of hydrogen-bond acceptors (Lipinski definition) is 3. The Hall–Kier alpha value is -0.610. The number of esters is 1. The van der Waals surface area contributed by atoms with E-state index in [4.69, 9.17) is 16.3 Å². The van der Waals surface area contributed by atoms with E-state index in [0.717, 1.165) is 0 Å². The largest absolute Gasteiger partial charge is 0.466 e. The first kappa shape index (κ1) is 11.5. The SMILES string of the molecule is CCOC(=O)Cc1ccc(Br)c(Cl)n1. The van der Waals surface area contributed by atoms with Crippen LogP contribution in [0.3, 0.4) is 0 Å². The molecule has 0 aliphatic rings. The quantitative estimate of drug-likeness (QED) is 0.630. The first-order valence-electron chi connectivity index (χ1n) is 4.10. The molecule has 0 saturated heterocycles. The molecule has 1 rings (SSSR count). The zero-order valence-corrected chi connectivity index (χ0v) is 9.93. The molecule has 0 radical (unpaired) electrons. The second-order valence-corrected chi connectivity index (χ2v) is 3.77. The molecular formula is C9H9BrClNO2. The van der Waals surface area contributed by atoms with E-state index in [1.165, 1.54) is 0 Å². The average Bonchev–Trinajstić information content (AvgIpc) is 2.12. The number of hydrogen-bond donors (Lipinski definition) is 0. The van der Waals surface area contributed by atoms with Gasteiger partial charge >= 0.3 is 5.97 Å². The monoisotopic (exact) mass is 277 g/mol. The molecule has 0 aliphatic carbocycles. The van der Waals surface area contributed by atoms with Crippen LogP contribution in [0.1, 0.15) is 12.6 Å². The number of carbonyl (C=O) groups excluding carboxylic acids is 1. The molecule has 0 amide bonds. The van der Waals surface area contributed by atoms with Crippen LogP contribution in [0.15, 0.2) is 16.6 Å². The van der Waals surface area contributed by atoms with Gasteiger partial charge in [-0.1, -0.05) is 11.6 Å². The van der Waals surface area contributed by atoms with Crippen molar-refractivity contribution in [3.05, 3.63) is 27.5 Å². The molecule has 0 aliphatic heterocycles. The maximum absolute atomic E-state index is 11.1. The van der Waals surface area contributed by atoms with Crippen molar-refractivity contribution in [1.82, 2.24) is 4.98 Å². The van der Waals surface area contributed by atoms with Crippen molar-refractivity contribution in [3.63, 3.8) is 0 Å². The molecule has 0 atom stereocenters. The smallest absolute Gasteiger partial charge is 0.311 e. The standard InChI is InChI=1S/C9H9BrClNO2/c1-2-14-8(13)5-6-3-4-7(10)9(11)12-6/h3-4H,2,5H2,1H3. The number of pyridine rings is 1. The Morgan fingerprint density at radius 2 is 2.36 bits per heavy atom. The van der Waals surface area contributed by atoms with E-state index in [1.54, 1.807) is 19.1 Å². The van der Waals surface area contributed by atoms with Crippen LogP contribution in [-0.4, -0.2) is 17.6 Å². The van der Waals surface area contributed by atoms with E-state index in [9.17, 15) is 4.79 Å². The lowest BCUT2D eigenvalue weighted by atomic mass is 10.3. The Balaban J connectivity index is 2.68. The highest BCUT2D eigenvalue weighted by Crippen LogP contribution is 2.19. The number of halogens is 2. The fraction of sp³-hybridized carbons (Fsp3) is 0.333. The minimum Gasteiger partial charge on any atom is -0.466 e. The Morgan fingerprint density at radius 1 is 1.64 bits per heavy atom. The molecule has 0 aromatic carbocycles. The highest BCUT2D eigenvalue weighted by Gasteiger charge is 2.06. The van der Waals surface area contributed by atoms with E-state index in [1.807, 2.05) is 0 Å². The van der Waals surface area contributed by atoms with Gasteiger partial charge in [0.25, 0.3) is 0 Å². The van der Waals surface area contributed by atoms with Gasteiger partial charge in [-0.05, 0) is 35.0 Å². The predicted octanol–water partition coefficient (Wildman–Crippen LogP) is 2.60. The van der Waals surface area contributed by atoms with Gasteiger partial charge in [0.15, 0.2) is 0 Å². The molecule has 1 heterocycles. The van der Waals surface area contributed by atoms with Crippen molar-refractivity contribution in [2.45, 2.75) is 13.3 Å². The van der Waals surface area contributed by atoms with Crippen LogP contribution in [-0.2, 0) is 16.0 Å². The fourth-order valence-electron chi connectivity index (χ4n) is 0.913. The van der Waals surface area contributed by atoms with Crippen LogP contribution in [0.2, 0.25) is 5.15 Å². The summed E-state index contributed by atoms with van der Waals surface area (Å²) < 4.78 is 5.50. The Labute approximate surface area is 95.6 Å². The van der Waals surface area contributed by atoms with Gasteiger partial charge in [-0.2, -0.15) is 0 Å². The molecule has 0 saturated carbocycles. The molecule has 14 heavy (non-hydrogen) atoms. The second-order valence-electron chi connectivity index (χ2n) is 2.56. The van der Waals surface area contributed by atoms with Gasteiger partial charge in [0.2, 0.25) is 0 Å². The molecule has 0 unspecified atom stereocenters. The van der Waals surface area contributed by atoms with Crippen LogP contribution in [0.4, 0.5) is 0 Å². The zero-order chi connectivity index (χ0) is 10.6. The van der Waals surface area contributed by atoms with Crippen molar-refractivity contribution in [2.24, 2.45) is 0 Å². The lowest BCUT2D eigenvalue weighted by molar-refractivity contribution is -0.142. The Morgan fingerprint density at radius 3 is 2.93 bits per heavy atom. The third-order valence-corrected chi connectivity index (χ3v) is 2.65. The molecule has 0 fully saturated rings. The Kier molecular flexibility index (Phi) is 4.35. The van der Waals surface area contributed by atoms with Crippen LogP contribution >= 0.6 is 27.5 Å². The number of rotatable bonds is 3. The second kappa shape index (κ2) is 5.32. The maximum atomic E-state index is 11.1. The third-order valence-electron chi connectivity index (χ3n) is 1.49. The van der Waals surface area contributed by atoms with Crippen LogP contribution in [0, 0.1) is 0 Å². The van der Waals surface area contributed by atoms with Crippen molar-refractivity contribution >= 4 is 33.5 Å². The summed E-state index contributed by atoms with van der Waals surface area (Å²) in [5.41, 5.74) is 0.608. The number of carbonyl (C=O) groups is 1. The lowest BCUT2D eigenvalue weighted by Crippen LogP contribution is -2.08. The van der Waals surface area contributed by atoms with E-state index in [2.05, 4.69) is 20.9 Å². The summed E-state index contributed by atoms with van der Waals surface area (Å²) in [4.78, 5) is 15.1. The predicted molar refractivity (Wildman–Crippen MR) is 57.3 cm³/mol. The summed E-state index contributed by atoms with van der Waals surface area (Å²) in [7, 11) is 0. The van der Waals surface area contributed by atoms with Crippen molar-refractivity contribution < 1.29 is 9.53 Å². The average molecular weight is 279 g/mol. The van der Waals surface area contributed by atoms with Gasteiger partial charge in [0.1, 0.15) is 5.15 Å². The van der Waals surface area contributed by atoms with Gasteiger partial charge in [-0.15, -0.1) is 0 Å². The van der Waals surface area contributed by atoms with Gasteiger partial charge in [0.05, 0.1) is 23.2 Å². The summed E-state index contributed by atoms with van der Waals surface area (Å²) in [6, 6.07) is 3.48. The number of ether oxygens (including phenoxy) is 1. The lowest BCUT2D eigenvalue weighted by Gasteiger charge is -2.02. The van der Waals surface area contributed by atoms with E-state index in [0.29, 0.717) is 21.9 Å². The number of aromatic nitrogens is 1. The molecule has 76 valence electrons. The summed E-state index contributed by atoms with van der Waals surface area (Å²) >= 11 is 8.98. The van der Waals surface area contributed by atoms with Crippen LogP contribution < -0.4 is 0 Å². The molecule has 0 spiro atoms. The van der Waals surface area contributed by atoms with Gasteiger partial charge < -0.3 is 4.74 Å². The van der Waals surface area contributed by atoms with Crippen molar-refractivity contribution in [2.75, 3.05) is 6.61 Å². The minimum absolute atomic E-state index is 0.154. The first-order chi connectivity index (χ1) is 6.63. The topological polar surface area (TPSA) is 39.2 Å². The highest BCUT2D eigenvalue weighted by molar-refractivity contribution is 9.10. The number of nitrogens with zero attached hydrogens (tertiary/aromatic N) is 1. The highest BCUT2D eigenvalue weighted by atomic mass is 79.9. The van der Waals surface area contributed by atoms with Gasteiger partial charge in [0, 0.05) is 0 Å². The summed E-state index contributed by atoms with van der Waals surface area (Å²) in [5.74, 6) is -0.293. The molecule has 0 N–H and O–H groups in total. The molecular weight excluding hydrogens is 269 g/mol. The van der Waals surface area contributed by atoms with Crippen molar-refractivity contribution in [3.8, 4) is 0 Å². The third kappa shape index (κ3) is 3.27. The van der Waals surface area contributed by atoms with Gasteiger partial charge in [-0.25, -0.2) is 4.98 Å². The van der Waals surface area contributed by atoms with Gasteiger partial charge in [-0.3, -0.25) is 4.79 Å². The minimum atomic E-state index is -0.293. The summed E-state index contributed by atoms with van der Waals surface area (Å²) in [5, 5.41) is 0.354. The Bertz CT molecular complexity index is 344. The molecule has 0 bridgehead atoms. The van der Waals surface area contributed by atoms with Crippen LogP contribution in [0.25, 0.3) is 0 Å². The van der Waals surface area contributed by atoms with Crippen LogP contribution in [0.5, 0.6) is 0 Å². The summed E-state index contributed by atoms with van der Waals surface area (Å²) in [6.07, 6.45) is 0.154. The van der Waals surface area contributed by atoms with Crippen molar-refractivity contribution in [1.29, 1.82) is 0 Å². The zero-order valence-electron chi connectivity index (χ0n) is 7.59. The maximum Gasteiger partial charge on any atom is 0.311 e. The molecule has 1 aromatic heterocycles. The van der Waals surface area contributed by atoms with E-state index < -0.39 is 0 Å². The van der Waals surface area contributed by atoms with E-state index in [-0.39, 0.29) is 12.4 Å². The summed E-state index contributed by atoms with van der Waals surface area (Å²) in [6.45, 7) is 2.14. The normalized spacial score (nSPS) is 9.93. The molecule has 1 aromatic rings.